The maximum Gasteiger partial charge on any atom is 0.407 e. The number of ether oxygens (including phenoxy) is 2. The van der Waals surface area contributed by atoms with E-state index in [9.17, 15) is 4.79 Å². The van der Waals surface area contributed by atoms with Crippen molar-refractivity contribution in [3.05, 3.63) is 79.4 Å². The zero-order valence-electron chi connectivity index (χ0n) is 23.6. The van der Waals surface area contributed by atoms with Crippen LogP contribution < -0.4 is 15.4 Å². The summed E-state index contributed by atoms with van der Waals surface area (Å²) < 4.78 is 16.6. The molecule has 0 atom stereocenters. The summed E-state index contributed by atoms with van der Waals surface area (Å²) in [5.41, 5.74) is 4.59. The van der Waals surface area contributed by atoms with E-state index in [1.54, 1.807) is 19.9 Å². The number of carbonyl (C=O) groups is 1. The second-order valence-electron chi connectivity index (χ2n) is 10.7. The number of aryl methyl sites for hydroxylation is 1. The molecule has 1 amide bonds. The summed E-state index contributed by atoms with van der Waals surface area (Å²) in [6.07, 6.45) is 9.96. The zero-order chi connectivity index (χ0) is 29.3. The van der Waals surface area contributed by atoms with Gasteiger partial charge in [0.2, 0.25) is 0 Å². The molecule has 0 aliphatic rings. The zero-order valence-corrected chi connectivity index (χ0v) is 23.6. The molecule has 13 nitrogen and oxygen atoms in total. The second kappa shape index (κ2) is 10.8. The van der Waals surface area contributed by atoms with E-state index in [1.807, 2.05) is 82.7 Å². The molecule has 13 heteroatoms. The Kier molecular flexibility index (Phi) is 6.90. The molecule has 6 aromatic rings. The summed E-state index contributed by atoms with van der Waals surface area (Å²) in [5.74, 6) is 2.06. The molecule has 0 radical (unpaired) electrons. The second-order valence-corrected chi connectivity index (χ2v) is 10.7. The quantitative estimate of drug-likeness (QED) is 0.260. The molecule has 0 aliphatic heterocycles. The number of carbonyl (C=O) groups excluding carboxylic acids is 1. The van der Waals surface area contributed by atoms with E-state index >= 15 is 0 Å². The molecule has 42 heavy (non-hydrogen) atoms. The molecule has 0 bridgehead atoms. The molecule has 2 N–H and O–H groups in total. The molecule has 0 saturated carbocycles. The van der Waals surface area contributed by atoms with Crippen LogP contribution in [0.3, 0.4) is 0 Å². The Morgan fingerprint density at radius 3 is 2.62 bits per heavy atom. The van der Waals surface area contributed by atoms with Gasteiger partial charge in [-0.3, -0.25) is 4.68 Å². The first-order chi connectivity index (χ1) is 20.2. The number of nitrogens with zero attached hydrogens (tertiary/aromatic N) is 8. The van der Waals surface area contributed by atoms with E-state index in [2.05, 4.69) is 35.9 Å². The number of hydrogen-bond donors (Lipinski definition) is 2. The van der Waals surface area contributed by atoms with Crippen LogP contribution in [0, 0.1) is 6.92 Å². The normalized spacial score (nSPS) is 11.6. The van der Waals surface area contributed by atoms with Crippen LogP contribution in [-0.2, 0) is 11.3 Å². The van der Waals surface area contributed by atoms with Crippen molar-refractivity contribution in [2.24, 2.45) is 0 Å². The number of anilines is 2. The summed E-state index contributed by atoms with van der Waals surface area (Å²) in [4.78, 5) is 20.7. The number of alkyl carbamates (subject to hydrolysis) is 1. The average Bonchev–Trinajstić information content (AvgIpc) is 3.69. The van der Waals surface area contributed by atoms with E-state index in [0.717, 1.165) is 33.6 Å². The fraction of sp³-hybridized carbons (Fsp3) is 0.241. The summed E-state index contributed by atoms with van der Waals surface area (Å²) in [5, 5.41) is 19.1. The largest absolute Gasteiger partial charge is 0.457 e. The van der Waals surface area contributed by atoms with Crippen LogP contribution in [0.25, 0.3) is 22.3 Å². The molecule has 1 aromatic carbocycles. The molecule has 6 rings (SSSR count). The van der Waals surface area contributed by atoms with Gasteiger partial charge in [0, 0.05) is 48.0 Å². The van der Waals surface area contributed by atoms with Crippen LogP contribution in [0.4, 0.5) is 16.3 Å². The Bertz CT molecular complexity index is 1880. The van der Waals surface area contributed by atoms with Gasteiger partial charge in [-0.15, -0.1) is 0 Å². The molecule has 0 aliphatic carbocycles. The third kappa shape index (κ3) is 5.84. The van der Waals surface area contributed by atoms with Gasteiger partial charge in [0.25, 0.3) is 0 Å². The molecular formula is C29H30N10O3. The van der Waals surface area contributed by atoms with Crippen LogP contribution in [0.2, 0.25) is 0 Å². The van der Waals surface area contributed by atoms with Gasteiger partial charge < -0.3 is 20.1 Å². The van der Waals surface area contributed by atoms with Crippen molar-refractivity contribution in [2.45, 2.75) is 39.8 Å². The lowest BCUT2D eigenvalue weighted by Crippen LogP contribution is -2.34. The van der Waals surface area contributed by atoms with E-state index in [1.165, 1.54) is 12.7 Å². The first kappa shape index (κ1) is 26.7. The van der Waals surface area contributed by atoms with Gasteiger partial charge in [0.1, 0.15) is 35.3 Å². The number of pyridine rings is 1. The highest BCUT2D eigenvalue weighted by atomic mass is 16.6. The highest BCUT2D eigenvalue weighted by Crippen LogP contribution is 2.32. The van der Waals surface area contributed by atoms with Gasteiger partial charge in [0.15, 0.2) is 11.5 Å². The summed E-state index contributed by atoms with van der Waals surface area (Å²) in [6.45, 7) is 8.35. The Hall–Kier alpha value is -5.46. The summed E-state index contributed by atoms with van der Waals surface area (Å²) in [7, 11) is 0. The smallest absolute Gasteiger partial charge is 0.407 e. The third-order valence-corrected chi connectivity index (χ3v) is 6.32. The predicted molar refractivity (Wildman–Crippen MR) is 156 cm³/mol. The molecule has 0 fully saturated rings. The highest BCUT2D eigenvalue weighted by molar-refractivity contribution is 5.89. The molecule has 214 valence electrons. The van der Waals surface area contributed by atoms with Crippen molar-refractivity contribution in [1.29, 1.82) is 0 Å². The maximum absolute atomic E-state index is 11.9. The van der Waals surface area contributed by atoms with E-state index < -0.39 is 11.7 Å². The molecule has 5 heterocycles. The van der Waals surface area contributed by atoms with E-state index in [-0.39, 0.29) is 0 Å². The number of benzene rings is 1. The van der Waals surface area contributed by atoms with Gasteiger partial charge in [-0.2, -0.15) is 15.3 Å². The van der Waals surface area contributed by atoms with Crippen LogP contribution in [-0.4, -0.2) is 57.2 Å². The summed E-state index contributed by atoms with van der Waals surface area (Å²) in [6, 6.07) is 11.5. The monoisotopic (exact) mass is 566 g/mol. The fourth-order valence-electron chi connectivity index (χ4n) is 4.46. The highest BCUT2D eigenvalue weighted by Gasteiger charge is 2.17. The minimum atomic E-state index is -0.545. The van der Waals surface area contributed by atoms with Gasteiger partial charge in [-0.05, 0) is 63.6 Å². The molecule has 0 unspecified atom stereocenters. The standard InChI is InChI=1S/C29H30N10O3/c1-19-13-21(5-6-24(19)41-22-7-10-38-25(14-22)31-17-34-38)36-27-26-23(8-11-39(26)35-18-32-27)20-15-33-37(16-20)12-9-30-28(40)42-29(2,3)4/h5-8,10-11,13-18H,9,12H2,1-4H3,(H,30,40)(H,32,35,36). The van der Waals surface area contributed by atoms with E-state index in [0.29, 0.717) is 30.3 Å². The first-order valence-corrected chi connectivity index (χ1v) is 13.4. The van der Waals surface area contributed by atoms with Crippen molar-refractivity contribution in [1.82, 2.24) is 44.3 Å². The Labute approximate surface area is 241 Å². The number of amides is 1. The minimum absolute atomic E-state index is 0.386. The van der Waals surface area contributed by atoms with Gasteiger partial charge >= 0.3 is 6.09 Å². The van der Waals surface area contributed by atoms with Crippen molar-refractivity contribution < 1.29 is 14.3 Å². The van der Waals surface area contributed by atoms with Crippen LogP contribution in [0.15, 0.2) is 73.8 Å². The number of hydrogen-bond acceptors (Lipinski definition) is 9. The first-order valence-electron chi connectivity index (χ1n) is 13.4. The Morgan fingerprint density at radius 2 is 1.79 bits per heavy atom. The number of nitrogens with one attached hydrogen (secondary N) is 2. The number of aromatic nitrogens is 8. The van der Waals surface area contributed by atoms with E-state index in [4.69, 9.17) is 9.47 Å². The van der Waals surface area contributed by atoms with Crippen molar-refractivity contribution in [2.75, 3.05) is 11.9 Å². The lowest BCUT2D eigenvalue weighted by molar-refractivity contribution is 0.0525. The van der Waals surface area contributed by atoms with Crippen molar-refractivity contribution in [3.8, 4) is 22.6 Å². The fourth-order valence-corrected chi connectivity index (χ4v) is 4.46. The van der Waals surface area contributed by atoms with Gasteiger partial charge in [0.05, 0.1) is 12.7 Å². The number of rotatable bonds is 8. The molecule has 0 spiro atoms. The minimum Gasteiger partial charge on any atom is -0.457 e. The number of fused-ring (bicyclic) bond motifs is 2. The molecular weight excluding hydrogens is 536 g/mol. The predicted octanol–water partition coefficient (Wildman–Crippen LogP) is 5.00. The van der Waals surface area contributed by atoms with Crippen LogP contribution >= 0.6 is 0 Å². The topological polar surface area (TPSA) is 138 Å². The SMILES string of the molecule is Cc1cc(Nc2ncnn3ccc(-c4cnn(CCNC(=O)OC(C)(C)C)c4)c23)ccc1Oc1ccn2ncnc2c1. The van der Waals surface area contributed by atoms with Gasteiger partial charge in [-0.1, -0.05) is 0 Å². The van der Waals surface area contributed by atoms with Crippen LogP contribution in [0.5, 0.6) is 11.5 Å². The lowest BCUT2D eigenvalue weighted by Gasteiger charge is -2.19. The molecule has 0 saturated heterocycles. The Balaban J connectivity index is 1.17. The Morgan fingerprint density at radius 1 is 0.976 bits per heavy atom. The molecule has 5 aromatic heterocycles. The maximum atomic E-state index is 11.9. The van der Waals surface area contributed by atoms with Crippen molar-refractivity contribution in [3.63, 3.8) is 0 Å². The summed E-state index contributed by atoms with van der Waals surface area (Å²) >= 11 is 0. The third-order valence-electron chi connectivity index (χ3n) is 6.32. The average molecular weight is 567 g/mol. The van der Waals surface area contributed by atoms with Crippen LogP contribution in [0.1, 0.15) is 26.3 Å². The lowest BCUT2D eigenvalue weighted by atomic mass is 10.1. The van der Waals surface area contributed by atoms with Crippen molar-refractivity contribution >= 4 is 28.8 Å². The van der Waals surface area contributed by atoms with Gasteiger partial charge in [-0.25, -0.2) is 23.8 Å².